The minimum Gasteiger partial charge on any atom is -0.493 e. The van der Waals surface area contributed by atoms with Gasteiger partial charge in [0.2, 0.25) is 0 Å². The second kappa shape index (κ2) is 8.73. The lowest BCUT2D eigenvalue weighted by molar-refractivity contribution is 0.102. The van der Waals surface area contributed by atoms with Crippen LogP contribution in [0.15, 0.2) is 46.9 Å². The quantitative estimate of drug-likeness (QED) is 0.641. The highest BCUT2D eigenvalue weighted by Gasteiger charge is 2.13. The van der Waals surface area contributed by atoms with Crippen molar-refractivity contribution in [1.82, 2.24) is 0 Å². The fourth-order valence-electron chi connectivity index (χ4n) is 2.23. The zero-order valence-electron chi connectivity index (χ0n) is 13.6. The molecule has 0 spiro atoms. The smallest absolute Gasteiger partial charge is 0.259 e. The number of carbonyl (C=O) groups is 1. The van der Waals surface area contributed by atoms with Crippen molar-refractivity contribution in [2.75, 3.05) is 11.9 Å². The van der Waals surface area contributed by atoms with E-state index in [9.17, 15) is 4.79 Å². The molecule has 0 saturated carbocycles. The first kappa shape index (κ1) is 17.5. The lowest BCUT2D eigenvalue weighted by Gasteiger charge is -2.12. The Labute approximate surface area is 146 Å². The average Bonchev–Trinajstić information content (AvgIpc) is 2.54. The van der Waals surface area contributed by atoms with Crippen molar-refractivity contribution in [2.45, 2.75) is 33.1 Å². The fourth-order valence-corrected chi connectivity index (χ4v) is 2.82. The van der Waals surface area contributed by atoms with Crippen LogP contribution in [0.1, 0.15) is 42.1 Å². The summed E-state index contributed by atoms with van der Waals surface area (Å²) in [6, 6.07) is 13.2. The van der Waals surface area contributed by atoms with Crippen LogP contribution in [-0.4, -0.2) is 12.5 Å². The lowest BCUT2D eigenvalue weighted by atomic mass is 10.1. The van der Waals surface area contributed by atoms with Gasteiger partial charge in [0, 0.05) is 4.47 Å². The number of ether oxygens (including phenoxy) is 1. The molecular weight excluding hydrogens is 354 g/mol. The van der Waals surface area contributed by atoms with E-state index < -0.39 is 0 Å². The standard InChI is InChI=1S/C19H22BrNO2/c1-3-4-7-12-23-18-9-6-5-8-15(18)19(22)21-17-11-10-14(2)13-16(17)20/h5-6,8-11,13H,3-4,7,12H2,1-2H3,(H,21,22). The van der Waals surface area contributed by atoms with Gasteiger partial charge in [-0.05, 0) is 59.1 Å². The molecule has 0 saturated heterocycles. The molecular formula is C19H22BrNO2. The van der Waals surface area contributed by atoms with Gasteiger partial charge in [0.1, 0.15) is 5.75 Å². The highest BCUT2D eigenvalue weighted by molar-refractivity contribution is 9.10. The topological polar surface area (TPSA) is 38.3 Å². The molecule has 0 aliphatic carbocycles. The number of benzene rings is 2. The monoisotopic (exact) mass is 375 g/mol. The summed E-state index contributed by atoms with van der Waals surface area (Å²) in [6.45, 7) is 4.79. The largest absolute Gasteiger partial charge is 0.493 e. The van der Waals surface area contributed by atoms with E-state index in [1.54, 1.807) is 6.07 Å². The van der Waals surface area contributed by atoms with Gasteiger partial charge < -0.3 is 10.1 Å². The molecule has 0 heterocycles. The summed E-state index contributed by atoms with van der Waals surface area (Å²) in [5.74, 6) is 0.463. The summed E-state index contributed by atoms with van der Waals surface area (Å²) in [5, 5.41) is 2.93. The molecule has 3 nitrogen and oxygen atoms in total. The molecule has 2 rings (SSSR count). The highest BCUT2D eigenvalue weighted by Crippen LogP contribution is 2.25. The summed E-state index contributed by atoms with van der Waals surface area (Å²) in [4.78, 5) is 12.5. The predicted molar refractivity (Wildman–Crippen MR) is 98.3 cm³/mol. The van der Waals surface area contributed by atoms with Gasteiger partial charge in [0.15, 0.2) is 0 Å². The maximum atomic E-state index is 12.5. The number of para-hydroxylation sites is 1. The average molecular weight is 376 g/mol. The molecule has 2 aromatic carbocycles. The van der Waals surface area contributed by atoms with E-state index >= 15 is 0 Å². The SMILES string of the molecule is CCCCCOc1ccccc1C(=O)Nc1ccc(C)cc1Br. The zero-order valence-corrected chi connectivity index (χ0v) is 15.2. The van der Waals surface area contributed by atoms with Crippen LogP contribution >= 0.6 is 15.9 Å². The molecule has 122 valence electrons. The van der Waals surface area contributed by atoms with E-state index in [0.29, 0.717) is 17.9 Å². The number of hydrogen-bond acceptors (Lipinski definition) is 2. The van der Waals surface area contributed by atoms with Gasteiger partial charge >= 0.3 is 0 Å². The van der Waals surface area contributed by atoms with E-state index in [4.69, 9.17) is 4.74 Å². The Morgan fingerprint density at radius 2 is 1.96 bits per heavy atom. The zero-order chi connectivity index (χ0) is 16.7. The van der Waals surface area contributed by atoms with Crippen LogP contribution in [0.25, 0.3) is 0 Å². The molecule has 1 amide bonds. The Kier molecular flexibility index (Phi) is 6.66. The molecule has 0 bridgehead atoms. The summed E-state index contributed by atoms with van der Waals surface area (Å²) in [7, 11) is 0. The lowest BCUT2D eigenvalue weighted by Crippen LogP contribution is -2.14. The van der Waals surface area contributed by atoms with Gasteiger partial charge in [-0.15, -0.1) is 0 Å². The molecule has 0 radical (unpaired) electrons. The second-order valence-corrected chi connectivity index (χ2v) is 6.34. The van der Waals surface area contributed by atoms with Gasteiger partial charge in [-0.1, -0.05) is 38.0 Å². The molecule has 0 aromatic heterocycles. The molecule has 2 aromatic rings. The first-order valence-corrected chi connectivity index (χ1v) is 8.70. The van der Waals surface area contributed by atoms with Crippen LogP contribution in [0.4, 0.5) is 5.69 Å². The van der Waals surface area contributed by atoms with Gasteiger partial charge in [-0.25, -0.2) is 0 Å². The van der Waals surface area contributed by atoms with Gasteiger partial charge in [-0.3, -0.25) is 4.79 Å². The number of hydrogen-bond donors (Lipinski definition) is 1. The molecule has 0 fully saturated rings. The number of amides is 1. The minimum absolute atomic E-state index is 0.166. The summed E-state index contributed by atoms with van der Waals surface area (Å²) < 4.78 is 6.64. The number of nitrogens with one attached hydrogen (secondary N) is 1. The Hall–Kier alpha value is -1.81. The Bertz CT molecular complexity index is 670. The number of anilines is 1. The van der Waals surface area contributed by atoms with Crippen LogP contribution in [-0.2, 0) is 0 Å². The maximum Gasteiger partial charge on any atom is 0.259 e. The number of unbranched alkanes of at least 4 members (excludes halogenated alkanes) is 2. The number of halogens is 1. The summed E-state index contributed by atoms with van der Waals surface area (Å²) >= 11 is 3.48. The van der Waals surface area contributed by atoms with Gasteiger partial charge in [-0.2, -0.15) is 0 Å². The van der Waals surface area contributed by atoms with Gasteiger partial charge in [0.05, 0.1) is 17.9 Å². The van der Waals surface area contributed by atoms with Gasteiger partial charge in [0.25, 0.3) is 5.91 Å². The van der Waals surface area contributed by atoms with E-state index in [0.717, 1.165) is 35.0 Å². The molecule has 0 atom stereocenters. The van der Waals surface area contributed by atoms with E-state index in [2.05, 4.69) is 28.2 Å². The molecule has 0 aliphatic rings. The van der Waals surface area contributed by atoms with Crippen molar-refractivity contribution in [3.05, 3.63) is 58.1 Å². The van der Waals surface area contributed by atoms with Crippen molar-refractivity contribution in [2.24, 2.45) is 0 Å². The molecule has 4 heteroatoms. The Morgan fingerprint density at radius 3 is 2.70 bits per heavy atom. The van der Waals surface area contributed by atoms with Crippen LogP contribution < -0.4 is 10.1 Å². The Balaban J connectivity index is 2.09. The van der Waals surface area contributed by atoms with Crippen molar-refractivity contribution in [3.63, 3.8) is 0 Å². The third kappa shape index (κ3) is 5.10. The molecule has 23 heavy (non-hydrogen) atoms. The predicted octanol–water partition coefficient (Wildman–Crippen LogP) is 5.58. The molecule has 0 aliphatic heterocycles. The van der Waals surface area contributed by atoms with Crippen molar-refractivity contribution in [3.8, 4) is 5.75 Å². The highest BCUT2D eigenvalue weighted by atomic mass is 79.9. The third-order valence-corrected chi connectivity index (χ3v) is 4.17. The van der Waals surface area contributed by atoms with Crippen molar-refractivity contribution >= 4 is 27.5 Å². The first-order valence-electron chi connectivity index (χ1n) is 7.91. The summed E-state index contributed by atoms with van der Waals surface area (Å²) in [6.07, 6.45) is 3.27. The fraction of sp³-hybridized carbons (Fsp3) is 0.316. The number of carbonyl (C=O) groups excluding carboxylic acids is 1. The Morgan fingerprint density at radius 1 is 1.17 bits per heavy atom. The van der Waals surface area contributed by atoms with Crippen molar-refractivity contribution < 1.29 is 9.53 Å². The second-order valence-electron chi connectivity index (χ2n) is 5.49. The van der Waals surface area contributed by atoms with E-state index in [-0.39, 0.29) is 5.91 Å². The minimum atomic E-state index is -0.166. The van der Waals surface area contributed by atoms with Crippen LogP contribution in [0, 0.1) is 6.92 Å². The third-order valence-electron chi connectivity index (χ3n) is 3.51. The van der Waals surface area contributed by atoms with Crippen LogP contribution in [0.3, 0.4) is 0 Å². The molecule has 0 unspecified atom stereocenters. The molecule has 1 N–H and O–H groups in total. The number of rotatable bonds is 7. The van der Waals surface area contributed by atoms with Crippen LogP contribution in [0.2, 0.25) is 0 Å². The first-order chi connectivity index (χ1) is 11.1. The normalized spacial score (nSPS) is 10.4. The maximum absolute atomic E-state index is 12.5. The number of aryl methyl sites for hydroxylation is 1. The van der Waals surface area contributed by atoms with Crippen molar-refractivity contribution in [1.29, 1.82) is 0 Å². The summed E-state index contributed by atoms with van der Waals surface area (Å²) in [5.41, 5.74) is 2.44. The van der Waals surface area contributed by atoms with E-state index in [1.165, 1.54) is 0 Å². The van der Waals surface area contributed by atoms with E-state index in [1.807, 2.05) is 43.3 Å². The van der Waals surface area contributed by atoms with Crippen LogP contribution in [0.5, 0.6) is 5.75 Å².